The van der Waals surface area contributed by atoms with Gasteiger partial charge in [-0.2, -0.15) is 0 Å². The zero-order chi connectivity index (χ0) is 20.2. The number of ether oxygens (including phenoxy) is 1. The summed E-state index contributed by atoms with van der Waals surface area (Å²) in [6.07, 6.45) is 2.73. The van der Waals surface area contributed by atoms with E-state index in [2.05, 4.69) is 11.4 Å². The lowest BCUT2D eigenvalue weighted by atomic mass is 9.89. The Kier molecular flexibility index (Phi) is 4.05. The Morgan fingerprint density at radius 3 is 2.76 bits per heavy atom. The zero-order valence-electron chi connectivity index (χ0n) is 16.8. The lowest BCUT2D eigenvalue weighted by molar-refractivity contribution is 0.0378. The molecular weight excluding hydrogens is 366 g/mol. The van der Waals surface area contributed by atoms with E-state index >= 15 is 0 Å². The smallest absolute Gasteiger partial charge is 0.325 e. The summed E-state index contributed by atoms with van der Waals surface area (Å²) in [6, 6.07) is 13.1. The van der Waals surface area contributed by atoms with Gasteiger partial charge in [-0.3, -0.25) is 9.69 Å². The standard InChI is InChI=1S/C23H25N3O3/c1-15-8-9-20-18(12-15)19-14-23(2,29-20)26(22(28)24-19)17-7-5-6-16(13-17)21(27)25-10-3-4-11-25/h5-9,12-13,19H,3-4,10-11,14H2,1-2H3,(H,24,28)/t19-,23-/m1/s1. The van der Waals surface area contributed by atoms with Crippen molar-refractivity contribution in [2.45, 2.75) is 44.9 Å². The number of aryl methyl sites for hydroxylation is 1. The number of anilines is 1. The molecule has 0 saturated carbocycles. The normalized spacial score (nSPS) is 25.3. The van der Waals surface area contributed by atoms with Crippen molar-refractivity contribution >= 4 is 17.6 Å². The van der Waals surface area contributed by atoms with Gasteiger partial charge in [0.25, 0.3) is 5.91 Å². The molecule has 1 N–H and O–H groups in total. The quantitative estimate of drug-likeness (QED) is 0.842. The summed E-state index contributed by atoms with van der Waals surface area (Å²) >= 11 is 0. The Hall–Kier alpha value is -3.02. The van der Waals surface area contributed by atoms with Crippen molar-refractivity contribution in [1.82, 2.24) is 10.2 Å². The summed E-state index contributed by atoms with van der Waals surface area (Å²) in [5.74, 6) is 0.818. The van der Waals surface area contributed by atoms with Crippen molar-refractivity contribution in [3.63, 3.8) is 0 Å². The van der Waals surface area contributed by atoms with Crippen LogP contribution in [0.25, 0.3) is 0 Å². The Labute approximate surface area is 170 Å². The number of nitrogens with zero attached hydrogens (tertiary/aromatic N) is 2. The van der Waals surface area contributed by atoms with Crippen LogP contribution in [-0.4, -0.2) is 35.7 Å². The molecule has 2 saturated heterocycles. The maximum absolute atomic E-state index is 13.1. The van der Waals surface area contributed by atoms with Gasteiger partial charge in [0.05, 0.1) is 11.7 Å². The molecule has 0 unspecified atom stereocenters. The fraction of sp³-hybridized carbons (Fsp3) is 0.391. The Bertz CT molecular complexity index is 999. The fourth-order valence-electron chi connectivity index (χ4n) is 4.77. The van der Waals surface area contributed by atoms with Crippen LogP contribution in [-0.2, 0) is 0 Å². The molecular formula is C23H25N3O3. The first-order valence-corrected chi connectivity index (χ1v) is 10.2. The van der Waals surface area contributed by atoms with Gasteiger partial charge < -0.3 is 15.0 Å². The van der Waals surface area contributed by atoms with E-state index in [1.807, 2.05) is 49.1 Å². The molecule has 3 amide bonds. The number of likely N-dealkylation sites (tertiary alicyclic amines) is 1. The molecule has 2 aromatic rings. The maximum Gasteiger partial charge on any atom is 0.325 e. The predicted octanol–water partition coefficient (Wildman–Crippen LogP) is 4.00. The SMILES string of the molecule is Cc1ccc2c(c1)[C@H]1C[C@@](C)(O2)N(c2cccc(C(=O)N3CCCC3)c2)C(=O)N1. The van der Waals surface area contributed by atoms with Gasteiger partial charge in [-0.1, -0.05) is 23.8 Å². The van der Waals surface area contributed by atoms with Gasteiger partial charge in [0.1, 0.15) is 5.75 Å². The van der Waals surface area contributed by atoms with Crippen LogP contribution < -0.4 is 15.0 Å². The second kappa shape index (κ2) is 6.51. The van der Waals surface area contributed by atoms with E-state index in [0.29, 0.717) is 17.7 Å². The molecule has 3 aliphatic heterocycles. The average molecular weight is 391 g/mol. The van der Waals surface area contributed by atoms with Crippen LogP contribution in [0.1, 0.15) is 53.7 Å². The van der Waals surface area contributed by atoms with Crippen LogP contribution in [0.5, 0.6) is 5.75 Å². The van der Waals surface area contributed by atoms with Gasteiger partial charge in [0, 0.05) is 30.6 Å². The monoisotopic (exact) mass is 391 g/mol. The van der Waals surface area contributed by atoms with Crippen LogP contribution in [0.2, 0.25) is 0 Å². The summed E-state index contributed by atoms with van der Waals surface area (Å²) in [5, 5.41) is 3.12. The molecule has 0 radical (unpaired) electrons. The second-order valence-electron chi connectivity index (χ2n) is 8.41. The molecule has 2 atom stereocenters. The first-order valence-electron chi connectivity index (χ1n) is 10.2. The predicted molar refractivity (Wildman–Crippen MR) is 110 cm³/mol. The minimum Gasteiger partial charge on any atom is -0.467 e. The van der Waals surface area contributed by atoms with Crippen molar-refractivity contribution in [1.29, 1.82) is 0 Å². The highest BCUT2D eigenvalue weighted by molar-refractivity contribution is 5.99. The minimum absolute atomic E-state index is 0.0233. The third-order valence-electron chi connectivity index (χ3n) is 6.17. The molecule has 0 spiro atoms. The van der Waals surface area contributed by atoms with E-state index in [1.165, 1.54) is 0 Å². The van der Waals surface area contributed by atoms with Crippen LogP contribution in [0.4, 0.5) is 10.5 Å². The zero-order valence-corrected chi connectivity index (χ0v) is 16.8. The maximum atomic E-state index is 13.1. The number of urea groups is 1. The Balaban J connectivity index is 1.50. The molecule has 0 aliphatic carbocycles. The number of hydrogen-bond acceptors (Lipinski definition) is 3. The van der Waals surface area contributed by atoms with E-state index < -0.39 is 5.72 Å². The van der Waals surface area contributed by atoms with E-state index in [0.717, 1.165) is 42.8 Å². The number of amides is 3. The molecule has 2 fully saturated rings. The molecule has 3 heterocycles. The van der Waals surface area contributed by atoms with Gasteiger partial charge in [0.15, 0.2) is 5.72 Å². The third-order valence-corrected chi connectivity index (χ3v) is 6.17. The van der Waals surface area contributed by atoms with Gasteiger partial charge in [-0.25, -0.2) is 4.79 Å². The summed E-state index contributed by atoms with van der Waals surface area (Å²) < 4.78 is 6.35. The molecule has 150 valence electrons. The molecule has 6 heteroatoms. The number of hydrogen-bond donors (Lipinski definition) is 1. The van der Waals surface area contributed by atoms with Crippen molar-refractivity contribution < 1.29 is 14.3 Å². The van der Waals surface area contributed by atoms with Crippen LogP contribution in [0.15, 0.2) is 42.5 Å². The van der Waals surface area contributed by atoms with Crippen LogP contribution >= 0.6 is 0 Å². The van der Waals surface area contributed by atoms with Gasteiger partial charge in [0.2, 0.25) is 0 Å². The summed E-state index contributed by atoms with van der Waals surface area (Å²) in [4.78, 5) is 29.4. The van der Waals surface area contributed by atoms with Gasteiger partial charge in [-0.15, -0.1) is 0 Å². The van der Waals surface area contributed by atoms with Crippen LogP contribution in [0, 0.1) is 6.92 Å². The van der Waals surface area contributed by atoms with Crippen molar-refractivity contribution in [2.75, 3.05) is 18.0 Å². The molecule has 3 aliphatic rings. The highest BCUT2D eigenvalue weighted by Crippen LogP contribution is 2.45. The number of rotatable bonds is 2. The van der Waals surface area contributed by atoms with E-state index in [9.17, 15) is 9.59 Å². The first kappa shape index (κ1) is 18.0. The summed E-state index contributed by atoms with van der Waals surface area (Å²) in [7, 11) is 0. The van der Waals surface area contributed by atoms with Crippen molar-refractivity contribution in [3.8, 4) is 5.75 Å². The highest BCUT2D eigenvalue weighted by atomic mass is 16.5. The van der Waals surface area contributed by atoms with Crippen molar-refractivity contribution in [2.24, 2.45) is 0 Å². The minimum atomic E-state index is -0.815. The molecule has 6 nitrogen and oxygen atoms in total. The lowest BCUT2D eigenvalue weighted by Gasteiger charge is -2.50. The second-order valence-corrected chi connectivity index (χ2v) is 8.41. The van der Waals surface area contributed by atoms with Crippen molar-refractivity contribution in [3.05, 3.63) is 59.2 Å². The van der Waals surface area contributed by atoms with E-state index in [1.54, 1.807) is 11.0 Å². The number of benzene rings is 2. The molecule has 0 aromatic heterocycles. The molecule has 29 heavy (non-hydrogen) atoms. The topological polar surface area (TPSA) is 61.9 Å². The number of carbonyl (C=O) groups is 2. The average Bonchev–Trinajstić information content (AvgIpc) is 3.22. The van der Waals surface area contributed by atoms with Crippen LogP contribution in [0.3, 0.4) is 0 Å². The lowest BCUT2D eigenvalue weighted by Crippen LogP contribution is -2.65. The highest BCUT2D eigenvalue weighted by Gasteiger charge is 2.49. The first-order chi connectivity index (χ1) is 13.9. The number of fused-ring (bicyclic) bond motifs is 4. The summed E-state index contributed by atoms with van der Waals surface area (Å²) in [5.41, 5.74) is 2.62. The Morgan fingerprint density at radius 2 is 1.97 bits per heavy atom. The molecule has 2 aromatic carbocycles. The van der Waals surface area contributed by atoms with Gasteiger partial charge in [-0.05, 0) is 51.0 Å². The third kappa shape index (κ3) is 2.94. The fourth-order valence-corrected chi connectivity index (χ4v) is 4.77. The number of nitrogens with one attached hydrogen (secondary N) is 1. The van der Waals surface area contributed by atoms with E-state index in [-0.39, 0.29) is 18.0 Å². The van der Waals surface area contributed by atoms with E-state index in [4.69, 9.17) is 4.74 Å². The Morgan fingerprint density at radius 1 is 1.17 bits per heavy atom. The summed E-state index contributed by atoms with van der Waals surface area (Å²) in [6.45, 7) is 5.57. The number of carbonyl (C=O) groups excluding carboxylic acids is 2. The molecule has 2 bridgehead atoms. The molecule has 5 rings (SSSR count). The van der Waals surface area contributed by atoms with Gasteiger partial charge >= 0.3 is 6.03 Å². The largest absolute Gasteiger partial charge is 0.467 e.